The lowest BCUT2D eigenvalue weighted by molar-refractivity contribution is 0.0719. The van der Waals surface area contributed by atoms with Crippen molar-refractivity contribution < 1.29 is 5.11 Å². The summed E-state index contributed by atoms with van der Waals surface area (Å²) in [5, 5.41) is 10.2. The van der Waals surface area contributed by atoms with Crippen molar-refractivity contribution in [1.82, 2.24) is 9.80 Å². The Morgan fingerprint density at radius 2 is 2.00 bits per heavy atom. The van der Waals surface area contributed by atoms with Crippen molar-refractivity contribution in [3.8, 4) is 0 Å². The maximum Gasteiger partial charge on any atom is 0.0802 e. The van der Waals surface area contributed by atoms with Gasteiger partial charge in [0, 0.05) is 32.2 Å². The number of hydrogen-bond acceptors (Lipinski definition) is 3. The monoisotopic (exact) mass is 262 g/mol. The molecule has 0 amide bonds. The van der Waals surface area contributed by atoms with Gasteiger partial charge in [0.15, 0.2) is 0 Å². The molecule has 2 rings (SSSR count). The van der Waals surface area contributed by atoms with E-state index < -0.39 is 0 Å². The van der Waals surface area contributed by atoms with Crippen LogP contribution in [0.1, 0.15) is 31.9 Å². The predicted molar refractivity (Wildman–Crippen MR) is 79.2 cm³/mol. The summed E-state index contributed by atoms with van der Waals surface area (Å²) in [5.41, 5.74) is 1.03. The lowest BCUT2D eigenvalue weighted by Crippen LogP contribution is -2.51. The summed E-state index contributed by atoms with van der Waals surface area (Å²) >= 11 is 0. The van der Waals surface area contributed by atoms with Crippen LogP contribution in [0, 0.1) is 0 Å². The molecule has 0 saturated carbocycles. The van der Waals surface area contributed by atoms with Crippen molar-refractivity contribution in [2.24, 2.45) is 0 Å². The van der Waals surface area contributed by atoms with E-state index in [2.05, 4.69) is 23.6 Å². The van der Waals surface area contributed by atoms with Gasteiger partial charge in [0.25, 0.3) is 0 Å². The highest BCUT2D eigenvalue weighted by molar-refractivity contribution is 5.17. The second-order valence-corrected chi connectivity index (χ2v) is 5.49. The second kappa shape index (κ2) is 7.04. The Balaban J connectivity index is 1.77. The Morgan fingerprint density at radius 1 is 1.26 bits per heavy atom. The van der Waals surface area contributed by atoms with Crippen molar-refractivity contribution >= 4 is 0 Å². The number of aliphatic hydroxyl groups excluding tert-OH is 1. The zero-order chi connectivity index (χ0) is 13.7. The average Bonchev–Trinajstić information content (AvgIpc) is 2.46. The van der Waals surface area contributed by atoms with Crippen molar-refractivity contribution in [3.63, 3.8) is 0 Å². The molecule has 3 heteroatoms. The third kappa shape index (κ3) is 4.03. The summed E-state index contributed by atoms with van der Waals surface area (Å²) < 4.78 is 0. The molecule has 0 spiro atoms. The van der Waals surface area contributed by atoms with Crippen LogP contribution in [0.2, 0.25) is 0 Å². The molecule has 1 aromatic rings. The smallest absolute Gasteiger partial charge is 0.0802 e. The Bertz CT molecular complexity index is 368. The summed E-state index contributed by atoms with van der Waals surface area (Å²) in [6.07, 6.45) is 0.490. The van der Waals surface area contributed by atoms with E-state index in [0.29, 0.717) is 6.04 Å². The van der Waals surface area contributed by atoms with Gasteiger partial charge in [0.1, 0.15) is 0 Å². The molecule has 0 radical (unpaired) electrons. The van der Waals surface area contributed by atoms with Crippen molar-refractivity contribution in [3.05, 3.63) is 35.9 Å². The molecule has 0 aliphatic carbocycles. The molecule has 19 heavy (non-hydrogen) atoms. The Morgan fingerprint density at radius 3 is 2.63 bits per heavy atom. The van der Waals surface area contributed by atoms with Crippen molar-refractivity contribution in [2.75, 3.05) is 32.7 Å². The predicted octanol–water partition coefficient (Wildman–Crippen LogP) is 2.14. The first-order valence-electron chi connectivity index (χ1n) is 7.40. The summed E-state index contributed by atoms with van der Waals surface area (Å²) in [7, 11) is 0. The molecule has 2 atom stereocenters. The quantitative estimate of drug-likeness (QED) is 0.880. The van der Waals surface area contributed by atoms with E-state index >= 15 is 0 Å². The summed E-state index contributed by atoms with van der Waals surface area (Å²) in [6, 6.07) is 10.6. The summed E-state index contributed by atoms with van der Waals surface area (Å²) in [5.74, 6) is 0. The van der Waals surface area contributed by atoms with Crippen LogP contribution in [0.15, 0.2) is 30.3 Å². The van der Waals surface area contributed by atoms with Crippen LogP contribution in [0.25, 0.3) is 0 Å². The van der Waals surface area contributed by atoms with Gasteiger partial charge in [-0.2, -0.15) is 0 Å². The summed E-state index contributed by atoms with van der Waals surface area (Å²) in [4.78, 5) is 4.99. The molecular weight excluding hydrogens is 236 g/mol. The fraction of sp³-hybridized carbons (Fsp3) is 0.625. The van der Waals surface area contributed by atoms with E-state index in [1.54, 1.807) is 0 Å². The maximum atomic E-state index is 10.2. The number of aliphatic hydroxyl groups is 1. The molecule has 0 bridgehead atoms. The van der Waals surface area contributed by atoms with Gasteiger partial charge in [-0.3, -0.25) is 4.90 Å². The van der Waals surface area contributed by atoms with Crippen LogP contribution in [0.3, 0.4) is 0 Å². The lowest BCUT2D eigenvalue weighted by atomic mass is 10.1. The van der Waals surface area contributed by atoms with Crippen LogP contribution >= 0.6 is 0 Å². The average molecular weight is 262 g/mol. The topological polar surface area (TPSA) is 26.7 Å². The van der Waals surface area contributed by atoms with Crippen molar-refractivity contribution in [2.45, 2.75) is 32.4 Å². The molecule has 1 N–H and O–H groups in total. The van der Waals surface area contributed by atoms with E-state index in [4.69, 9.17) is 0 Å². The Labute approximate surface area is 116 Å². The van der Waals surface area contributed by atoms with Crippen LogP contribution in [-0.4, -0.2) is 53.7 Å². The number of rotatable bonds is 5. The van der Waals surface area contributed by atoms with E-state index in [0.717, 1.165) is 44.7 Å². The van der Waals surface area contributed by atoms with Crippen molar-refractivity contribution in [1.29, 1.82) is 0 Å². The molecule has 1 aliphatic heterocycles. The van der Waals surface area contributed by atoms with Gasteiger partial charge in [-0.05, 0) is 25.5 Å². The molecule has 106 valence electrons. The summed E-state index contributed by atoms with van der Waals surface area (Å²) in [6.45, 7) is 10.0. The van der Waals surface area contributed by atoms with E-state index in [1.165, 1.54) is 0 Å². The molecule has 1 saturated heterocycles. The zero-order valence-corrected chi connectivity index (χ0v) is 12.1. The normalized spacial score (nSPS) is 23.4. The molecule has 1 aromatic carbocycles. The first kappa shape index (κ1) is 14.5. The molecule has 3 nitrogen and oxygen atoms in total. The van der Waals surface area contributed by atoms with Gasteiger partial charge in [-0.15, -0.1) is 0 Å². The van der Waals surface area contributed by atoms with Gasteiger partial charge in [0.2, 0.25) is 0 Å². The van der Waals surface area contributed by atoms with Gasteiger partial charge in [-0.25, -0.2) is 0 Å². The van der Waals surface area contributed by atoms with Gasteiger partial charge in [0.05, 0.1) is 6.10 Å². The van der Waals surface area contributed by atoms with Crippen LogP contribution in [0.5, 0.6) is 0 Å². The molecule has 1 fully saturated rings. The fourth-order valence-corrected chi connectivity index (χ4v) is 2.89. The standard InChI is InChI=1S/C16H26N2O/c1-3-18-12-11-17(13-14(18)2)10-9-16(19)15-7-5-4-6-8-15/h4-8,14,16,19H,3,9-13H2,1-2H3. The molecule has 1 heterocycles. The number of hydrogen-bond donors (Lipinski definition) is 1. The minimum absolute atomic E-state index is 0.333. The highest BCUT2D eigenvalue weighted by atomic mass is 16.3. The van der Waals surface area contributed by atoms with Crippen LogP contribution < -0.4 is 0 Å². The highest BCUT2D eigenvalue weighted by Crippen LogP contribution is 2.17. The molecule has 1 aliphatic rings. The molecule has 2 unspecified atom stereocenters. The van der Waals surface area contributed by atoms with E-state index in [-0.39, 0.29) is 6.10 Å². The zero-order valence-electron chi connectivity index (χ0n) is 12.1. The number of benzene rings is 1. The second-order valence-electron chi connectivity index (χ2n) is 5.49. The van der Waals surface area contributed by atoms with Crippen LogP contribution in [0.4, 0.5) is 0 Å². The number of nitrogens with zero attached hydrogens (tertiary/aromatic N) is 2. The minimum Gasteiger partial charge on any atom is -0.388 e. The number of piperazine rings is 1. The number of likely N-dealkylation sites (N-methyl/N-ethyl adjacent to an activating group) is 1. The third-order valence-corrected chi connectivity index (χ3v) is 4.16. The highest BCUT2D eigenvalue weighted by Gasteiger charge is 2.22. The maximum absolute atomic E-state index is 10.2. The third-order valence-electron chi connectivity index (χ3n) is 4.16. The fourth-order valence-electron chi connectivity index (χ4n) is 2.89. The lowest BCUT2D eigenvalue weighted by Gasteiger charge is -2.39. The van der Waals surface area contributed by atoms with Gasteiger partial charge < -0.3 is 10.0 Å². The largest absolute Gasteiger partial charge is 0.388 e. The van der Waals surface area contributed by atoms with E-state index in [9.17, 15) is 5.11 Å². The van der Waals surface area contributed by atoms with Crippen LogP contribution in [-0.2, 0) is 0 Å². The van der Waals surface area contributed by atoms with Gasteiger partial charge >= 0.3 is 0 Å². The SMILES string of the molecule is CCN1CCN(CCC(O)c2ccccc2)CC1C. The molecular formula is C16H26N2O. The first-order chi connectivity index (χ1) is 9.20. The Kier molecular flexibility index (Phi) is 5.37. The first-order valence-corrected chi connectivity index (χ1v) is 7.40. The minimum atomic E-state index is -0.333. The van der Waals surface area contributed by atoms with E-state index in [1.807, 2.05) is 30.3 Å². The van der Waals surface area contributed by atoms with Gasteiger partial charge in [-0.1, -0.05) is 37.3 Å². The molecule has 0 aromatic heterocycles. The Hall–Kier alpha value is -0.900.